The zero-order valence-corrected chi connectivity index (χ0v) is 19.4. The molecule has 24 heavy (non-hydrogen) atoms. The molecule has 138 valence electrons. The number of benzene rings is 1. The van der Waals surface area contributed by atoms with Gasteiger partial charge in [-0.15, -0.1) is 0 Å². The summed E-state index contributed by atoms with van der Waals surface area (Å²) in [6, 6.07) is 5.35. The molecule has 0 heterocycles. The normalized spacial score (nSPS) is 14.0. The van der Waals surface area contributed by atoms with Crippen molar-refractivity contribution in [1.29, 1.82) is 0 Å². The van der Waals surface area contributed by atoms with Gasteiger partial charge < -0.3 is 4.43 Å². The summed E-state index contributed by atoms with van der Waals surface area (Å²) in [6.45, 7) is 16.8. The zero-order chi connectivity index (χ0) is 19.0. The Morgan fingerprint density at radius 1 is 1.12 bits per heavy atom. The van der Waals surface area contributed by atoms with E-state index in [1.165, 1.54) is 0 Å². The maximum absolute atomic E-state index is 12.6. The van der Waals surface area contributed by atoms with E-state index >= 15 is 0 Å². The Kier molecular flexibility index (Phi) is 6.54. The van der Waals surface area contributed by atoms with Gasteiger partial charge in [0.25, 0.3) is 0 Å². The number of rotatable bonds is 5. The second kappa shape index (κ2) is 7.19. The Morgan fingerprint density at radius 3 is 2.12 bits per heavy atom. The van der Waals surface area contributed by atoms with Gasteiger partial charge in [-0.2, -0.15) is 0 Å². The third kappa shape index (κ3) is 5.95. The van der Waals surface area contributed by atoms with Gasteiger partial charge in [0, 0.05) is 10.0 Å². The first-order chi connectivity index (χ1) is 10.6. The summed E-state index contributed by atoms with van der Waals surface area (Å²) >= 11 is 3.34. The van der Waals surface area contributed by atoms with Crippen LogP contribution in [-0.2, 0) is 21.1 Å². The second-order valence-corrected chi connectivity index (χ2v) is 16.0. The molecule has 1 N–H and O–H groups in total. The van der Waals surface area contributed by atoms with Gasteiger partial charge in [0.1, 0.15) is 0 Å². The average Bonchev–Trinajstić information content (AvgIpc) is 2.33. The maximum Gasteiger partial charge on any atom is 0.242 e. The molecule has 0 amide bonds. The van der Waals surface area contributed by atoms with Crippen LogP contribution in [0.4, 0.5) is 0 Å². The van der Waals surface area contributed by atoms with Crippen molar-refractivity contribution in [3.05, 3.63) is 28.2 Å². The van der Waals surface area contributed by atoms with Crippen molar-refractivity contribution < 1.29 is 12.8 Å². The molecule has 0 atom stereocenters. The molecule has 0 saturated carbocycles. The zero-order valence-electron chi connectivity index (χ0n) is 16.0. The van der Waals surface area contributed by atoms with E-state index in [1.54, 1.807) is 12.1 Å². The lowest BCUT2D eigenvalue weighted by molar-refractivity contribution is 0.276. The van der Waals surface area contributed by atoms with Crippen molar-refractivity contribution in [3.63, 3.8) is 0 Å². The fourth-order valence-electron chi connectivity index (χ4n) is 1.78. The van der Waals surface area contributed by atoms with Gasteiger partial charge in [0.15, 0.2) is 8.32 Å². The lowest BCUT2D eigenvalue weighted by Crippen LogP contribution is -2.41. The highest BCUT2D eigenvalue weighted by atomic mass is 79.9. The van der Waals surface area contributed by atoms with Gasteiger partial charge in [-0.25, -0.2) is 13.1 Å². The molecule has 0 aliphatic carbocycles. The minimum atomic E-state index is -3.59. The Hall–Kier alpha value is -0.213. The predicted molar refractivity (Wildman–Crippen MR) is 106 cm³/mol. The van der Waals surface area contributed by atoms with E-state index in [2.05, 4.69) is 54.5 Å². The van der Waals surface area contributed by atoms with E-state index in [4.69, 9.17) is 4.43 Å². The van der Waals surface area contributed by atoms with Crippen LogP contribution in [0.3, 0.4) is 0 Å². The second-order valence-electron chi connectivity index (χ2n) is 8.67. The summed E-state index contributed by atoms with van der Waals surface area (Å²) in [4.78, 5) is 0.244. The third-order valence-corrected chi connectivity index (χ3v) is 11.4. The minimum absolute atomic E-state index is 0.116. The molecule has 0 unspecified atom stereocenters. The van der Waals surface area contributed by atoms with E-state index < -0.39 is 23.9 Å². The molecular formula is C17H30BrNO3SSi. The number of halogens is 1. The van der Waals surface area contributed by atoms with Crippen molar-refractivity contribution in [2.45, 2.75) is 76.7 Å². The minimum Gasteiger partial charge on any atom is -0.413 e. The summed E-state index contributed by atoms with van der Waals surface area (Å²) in [6.07, 6.45) is 0. The van der Waals surface area contributed by atoms with Crippen molar-refractivity contribution in [1.82, 2.24) is 4.72 Å². The quantitative estimate of drug-likeness (QED) is 0.658. The highest BCUT2D eigenvalue weighted by Gasteiger charge is 2.37. The summed E-state index contributed by atoms with van der Waals surface area (Å²) < 4.78 is 34.7. The standard InChI is InChI=1S/C17H30BrNO3SSi/c1-16(2,3)19-23(20,21)15-11-13(9-10-14(15)18)12-22-24(7,8)17(4,5)6/h9-11,19H,12H2,1-8H3. The molecule has 0 aromatic heterocycles. The lowest BCUT2D eigenvalue weighted by Gasteiger charge is -2.36. The summed E-state index contributed by atoms with van der Waals surface area (Å²) in [7, 11) is -5.47. The highest BCUT2D eigenvalue weighted by molar-refractivity contribution is 9.10. The monoisotopic (exact) mass is 435 g/mol. The number of nitrogens with one attached hydrogen (secondary N) is 1. The molecule has 0 aliphatic rings. The van der Waals surface area contributed by atoms with Crippen LogP contribution < -0.4 is 4.72 Å². The Bertz CT molecular complexity index is 689. The van der Waals surface area contributed by atoms with Crippen LogP contribution >= 0.6 is 15.9 Å². The van der Waals surface area contributed by atoms with Crippen molar-refractivity contribution in [2.75, 3.05) is 0 Å². The van der Waals surface area contributed by atoms with E-state index in [-0.39, 0.29) is 9.93 Å². The molecule has 0 bridgehead atoms. The summed E-state index contributed by atoms with van der Waals surface area (Å²) in [5, 5.41) is 0.116. The molecule has 7 heteroatoms. The first kappa shape index (κ1) is 21.8. The van der Waals surface area contributed by atoms with Gasteiger partial charge in [-0.05, 0) is 72.5 Å². The smallest absolute Gasteiger partial charge is 0.242 e. The van der Waals surface area contributed by atoms with E-state index in [9.17, 15) is 8.42 Å². The van der Waals surface area contributed by atoms with Crippen LogP contribution in [0, 0.1) is 0 Å². The van der Waals surface area contributed by atoms with E-state index in [0.717, 1.165) is 5.56 Å². The van der Waals surface area contributed by atoms with Gasteiger partial charge >= 0.3 is 0 Å². The Labute approximate surface area is 156 Å². The van der Waals surface area contributed by atoms with Crippen LogP contribution in [0.25, 0.3) is 0 Å². The average molecular weight is 436 g/mol. The van der Waals surface area contributed by atoms with Crippen molar-refractivity contribution >= 4 is 34.3 Å². The topological polar surface area (TPSA) is 55.4 Å². The molecular weight excluding hydrogens is 406 g/mol. The fraction of sp³-hybridized carbons (Fsp3) is 0.647. The molecule has 0 aliphatic heterocycles. The molecule has 4 nitrogen and oxygen atoms in total. The van der Waals surface area contributed by atoms with Crippen LogP contribution in [0.1, 0.15) is 47.1 Å². The van der Waals surface area contributed by atoms with Crippen LogP contribution in [0.2, 0.25) is 18.1 Å². The van der Waals surface area contributed by atoms with E-state index in [0.29, 0.717) is 11.1 Å². The fourth-order valence-corrected chi connectivity index (χ4v) is 5.18. The first-order valence-electron chi connectivity index (χ1n) is 8.01. The molecule has 1 aromatic rings. The molecule has 1 rings (SSSR count). The number of sulfonamides is 1. The van der Waals surface area contributed by atoms with Gasteiger partial charge in [-0.3, -0.25) is 0 Å². The third-order valence-electron chi connectivity index (χ3n) is 4.13. The van der Waals surface area contributed by atoms with Gasteiger partial charge in [0.05, 0.1) is 11.5 Å². The predicted octanol–water partition coefficient (Wildman–Crippen LogP) is 5.05. The van der Waals surface area contributed by atoms with Crippen LogP contribution in [0.15, 0.2) is 27.6 Å². The van der Waals surface area contributed by atoms with Crippen LogP contribution in [-0.4, -0.2) is 22.3 Å². The van der Waals surface area contributed by atoms with Crippen LogP contribution in [0.5, 0.6) is 0 Å². The van der Waals surface area contributed by atoms with Crippen molar-refractivity contribution in [3.8, 4) is 0 Å². The molecule has 0 fully saturated rings. The van der Waals surface area contributed by atoms with E-state index in [1.807, 2.05) is 26.8 Å². The lowest BCUT2D eigenvalue weighted by atomic mass is 10.1. The van der Waals surface area contributed by atoms with Crippen molar-refractivity contribution in [2.24, 2.45) is 0 Å². The highest BCUT2D eigenvalue weighted by Crippen LogP contribution is 2.37. The summed E-state index contributed by atoms with van der Waals surface area (Å²) in [5.74, 6) is 0. The maximum atomic E-state index is 12.6. The first-order valence-corrected chi connectivity index (χ1v) is 13.2. The van der Waals surface area contributed by atoms with Gasteiger partial charge in [0.2, 0.25) is 10.0 Å². The Morgan fingerprint density at radius 2 is 1.67 bits per heavy atom. The SMILES string of the molecule is CC(C)(C)NS(=O)(=O)c1cc(CO[Si](C)(C)C(C)(C)C)ccc1Br. The summed E-state index contributed by atoms with van der Waals surface area (Å²) in [5.41, 5.74) is 0.323. The molecule has 0 radical (unpaired) electrons. The van der Waals surface area contributed by atoms with Gasteiger partial charge in [-0.1, -0.05) is 26.8 Å². The molecule has 0 saturated heterocycles. The Balaban J connectivity index is 3.07. The molecule has 0 spiro atoms. The number of hydrogen-bond donors (Lipinski definition) is 1. The number of hydrogen-bond acceptors (Lipinski definition) is 3. The molecule has 1 aromatic carbocycles. The largest absolute Gasteiger partial charge is 0.413 e.